The van der Waals surface area contributed by atoms with E-state index < -0.39 is 0 Å². The molecule has 0 fully saturated rings. The molecule has 4 nitrogen and oxygen atoms in total. The molecule has 1 aliphatic rings. The highest BCUT2D eigenvalue weighted by Crippen LogP contribution is 2.40. The van der Waals surface area contributed by atoms with Crippen molar-refractivity contribution in [3.8, 4) is 11.5 Å². The molecular weight excluding hydrogens is 388 g/mol. The van der Waals surface area contributed by atoms with Crippen LogP contribution in [0.4, 0.5) is 0 Å². The van der Waals surface area contributed by atoms with E-state index in [9.17, 15) is 4.79 Å². The van der Waals surface area contributed by atoms with Crippen molar-refractivity contribution in [1.82, 2.24) is 0 Å². The number of ether oxygens (including phenoxy) is 3. The summed E-state index contributed by atoms with van der Waals surface area (Å²) in [7, 11) is 1.65. The number of aryl methyl sites for hydroxylation is 1. The molecule has 160 valence electrons. The van der Waals surface area contributed by atoms with E-state index in [4.69, 9.17) is 14.2 Å². The van der Waals surface area contributed by atoms with Crippen LogP contribution >= 0.6 is 0 Å². The number of benzene rings is 3. The van der Waals surface area contributed by atoms with Gasteiger partial charge in [0.15, 0.2) is 5.78 Å². The molecule has 3 aromatic carbocycles. The zero-order valence-corrected chi connectivity index (χ0v) is 18.1. The molecule has 0 radical (unpaired) electrons. The average Bonchev–Trinajstić information content (AvgIpc) is 2.80. The predicted molar refractivity (Wildman–Crippen MR) is 121 cm³/mol. The Balaban J connectivity index is 1.52. The molecule has 3 aromatic rings. The lowest BCUT2D eigenvalue weighted by Gasteiger charge is -2.28. The van der Waals surface area contributed by atoms with Gasteiger partial charge in [-0.2, -0.15) is 0 Å². The van der Waals surface area contributed by atoms with Crippen LogP contribution in [0, 0.1) is 6.92 Å². The highest BCUT2D eigenvalue weighted by molar-refractivity contribution is 6.00. The van der Waals surface area contributed by atoms with Gasteiger partial charge in [-0.05, 0) is 42.7 Å². The SMILES string of the molecule is COCCOc1ccc(CC(=O)c2cccc3c2OCC[C@H]3c2ccc(C)cc2)cc1. The van der Waals surface area contributed by atoms with Crippen molar-refractivity contribution in [3.05, 3.63) is 94.5 Å². The molecular formula is C27H28O4. The van der Waals surface area contributed by atoms with Gasteiger partial charge in [-0.1, -0.05) is 54.1 Å². The van der Waals surface area contributed by atoms with Crippen molar-refractivity contribution in [3.63, 3.8) is 0 Å². The third kappa shape index (κ3) is 4.97. The maximum absolute atomic E-state index is 13.1. The Kier molecular flexibility index (Phi) is 6.68. The number of carbonyl (C=O) groups excluding carboxylic acids is 1. The summed E-state index contributed by atoms with van der Waals surface area (Å²) in [5, 5.41) is 0. The fourth-order valence-corrected chi connectivity index (χ4v) is 4.02. The molecule has 0 amide bonds. The van der Waals surface area contributed by atoms with Crippen LogP contribution in [0.5, 0.6) is 11.5 Å². The van der Waals surface area contributed by atoms with Crippen molar-refractivity contribution in [1.29, 1.82) is 0 Å². The second-order valence-corrected chi connectivity index (χ2v) is 7.91. The smallest absolute Gasteiger partial charge is 0.170 e. The Morgan fingerprint density at radius 3 is 2.52 bits per heavy atom. The van der Waals surface area contributed by atoms with Crippen molar-refractivity contribution in [2.24, 2.45) is 0 Å². The molecule has 1 atom stereocenters. The first-order valence-corrected chi connectivity index (χ1v) is 10.7. The summed E-state index contributed by atoms with van der Waals surface area (Å²) in [6, 6.07) is 22.2. The minimum absolute atomic E-state index is 0.0643. The maximum atomic E-state index is 13.1. The Bertz CT molecular complexity index is 1020. The molecule has 0 spiro atoms. The number of fused-ring (bicyclic) bond motifs is 1. The monoisotopic (exact) mass is 416 g/mol. The summed E-state index contributed by atoms with van der Waals surface area (Å²) in [5.74, 6) is 1.83. The van der Waals surface area contributed by atoms with Crippen LogP contribution in [0.1, 0.15) is 45.0 Å². The van der Waals surface area contributed by atoms with E-state index in [1.165, 1.54) is 11.1 Å². The second-order valence-electron chi connectivity index (χ2n) is 7.91. The summed E-state index contributed by atoms with van der Waals surface area (Å²) in [6.45, 7) is 3.76. The fourth-order valence-electron chi connectivity index (χ4n) is 4.02. The number of ketones is 1. The Labute approximate surface area is 183 Å². The van der Waals surface area contributed by atoms with Gasteiger partial charge in [-0.15, -0.1) is 0 Å². The van der Waals surface area contributed by atoms with Crippen LogP contribution < -0.4 is 9.47 Å². The van der Waals surface area contributed by atoms with Gasteiger partial charge in [0.25, 0.3) is 0 Å². The molecule has 0 aromatic heterocycles. The second kappa shape index (κ2) is 9.80. The number of Topliss-reactive ketones (excluding diaryl/α,β-unsaturated/α-hetero) is 1. The third-order valence-electron chi connectivity index (χ3n) is 5.70. The van der Waals surface area contributed by atoms with E-state index in [-0.39, 0.29) is 11.7 Å². The largest absolute Gasteiger partial charge is 0.492 e. The van der Waals surface area contributed by atoms with E-state index in [2.05, 4.69) is 37.3 Å². The zero-order valence-electron chi connectivity index (χ0n) is 18.1. The van der Waals surface area contributed by atoms with Crippen molar-refractivity contribution < 1.29 is 19.0 Å². The van der Waals surface area contributed by atoms with Gasteiger partial charge in [-0.25, -0.2) is 0 Å². The molecule has 0 N–H and O–H groups in total. The first-order chi connectivity index (χ1) is 15.2. The van der Waals surface area contributed by atoms with Crippen LogP contribution in [-0.2, 0) is 11.2 Å². The molecule has 1 heterocycles. The van der Waals surface area contributed by atoms with Crippen LogP contribution in [-0.4, -0.2) is 32.7 Å². The molecule has 0 saturated heterocycles. The topological polar surface area (TPSA) is 44.8 Å². The van der Waals surface area contributed by atoms with Crippen molar-refractivity contribution in [2.45, 2.75) is 25.7 Å². The van der Waals surface area contributed by atoms with Gasteiger partial charge < -0.3 is 14.2 Å². The van der Waals surface area contributed by atoms with Gasteiger partial charge in [0, 0.05) is 25.0 Å². The lowest BCUT2D eigenvalue weighted by Crippen LogP contribution is -2.18. The maximum Gasteiger partial charge on any atom is 0.170 e. The number of hydrogen-bond acceptors (Lipinski definition) is 4. The summed E-state index contributed by atoms with van der Waals surface area (Å²) >= 11 is 0. The van der Waals surface area contributed by atoms with Crippen molar-refractivity contribution >= 4 is 5.78 Å². The molecule has 31 heavy (non-hydrogen) atoms. The minimum atomic E-state index is 0.0643. The number of hydrogen-bond donors (Lipinski definition) is 0. The zero-order chi connectivity index (χ0) is 21.6. The molecule has 0 bridgehead atoms. The highest BCUT2D eigenvalue weighted by Gasteiger charge is 2.27. The summed E-state index contributed by atoms with van der Waals surface area (Å²) in [5.41, 5.74) is 5.23. The molecule has 0 aliphatic carbocycles. The molecule has 1 aliphatic heterocycles. The molecule has 0 unspecified atom stereocenters. The van der Waals surface area contributed by atoms with E-state index in [0.29, 0.717) is 31.8 Å². The number of para-hydroxylation sites is 1. The van der Waals surface area contributed by atoms with Crippen LogP contribution in [0.15, 0.2) is 66.7 Å². The molecule has 4 rings (SSSR count). The summed E-state index contributed by atoms with van der Waals surface area (Å²) < 4.78 is 16.6. The first-order valence-electron chi connectivity index (χ1n) is 10.7. The standard InChI is InChI=1S/C27H28O4/c1-19-6-10-21(11-7-19)23-14-15-31-27-24(23)4-3-5-25(27)26(28)18-20-8-12-22(13-9-20)30-17-16-29-2/h3-13,23H,14-18H2,1-2H3/t23-/m0/s1. The lowest BCUT2D eigenvalue weighted by molar-refractivity contribution is 0.0987. The Morgan fingerprint density at radius 1 is 1.00 bits per heavy atom. The quantitative estimate of drug-likeness (QED) is 0.366. The number of methoxy groups -OCH3 is 1. The Morgan fingerprint density at radius 2 is 1.77 bits per heavy atom. The molecule has 4 heteroatoms. The Hall–Kier alpha value is -3.11. The van der Waals surface area contributed by atoms with E-state index in [0.717, 1.165) is 29.0 Å². The lowest BCUT2D eigenvalue weighted by atomic mass is 9.84. The fraction of sp³-hybridized carbons (Fsp3) is 0.296. The van der Waals surface area contributed by atoms with Crippen LogP contribution in [0.3, 0.4) is 0 Å². The van der Waals surface area contributed by atoms with E-state index in [1.807, 2.05) is 36.4 Å². The third-order valence-corrected chi connectivity index (χ3v) is 5.70. The van der Waals surface area contributed by atoms with Crippen molar-refractivity contribution in [2.75, 3.05) is 26.9 Å². The minimum Gasteiger partial charge on any atom is -0.492 e. The molecule has 0 saturated carbocycles. The van der Waals surface area contributed by atoms with E-state index >= 15 is 0 Å². The average molecular weight is 417 g/mol. The summed E-state index contributed by atoms with van der Waals surface area (Å²) in [4.78, 5) is 13.1. The normalized spacial score (nSPS) is 15.1. The van der Waals surface area contributed by atoms with Gasteiger partial charge in [0.05, 0.1) is 18.8 Å². The number of carbonyl (C=O) groups is 1. The number of rotatable bonds is 8. The first kappa shape index (κ1) is 21.1. The van der Waals surface area contributed by atoms with Crippen LogP contribution in [0.2, 0.25) is 0 Å². The van der Waals surface area contributed by atoms with Gasteiger partial charge in [-0.3, -0.25) is 4.79 Å². The summed E-state index contributed by atoms with van der Waals surface area (Å²) in [6.07, 6.45) is 1.24. The van der Waals surface area contributed by atoms with Gasteiger partial charge in [0.2, 0.25) is 0 Å². The van der Waals surface area contributed by atoms with Crippen LogP contribution in [0.25, 0.3) is 0 Å². The van der Waals surface area contributed by atoms with Gasteiger partial charge in [0.1, 0.15) is 18.1 Å². The predicted octanol–water partition coefficient (Wildman–Crippen LogP) is 5.36. The highest BCUT2D eigenvalue weighted by atomic mass is 16.5. The van der Waals surface area contributed by atoms with Gasteiger partial charge >= 0.3 is 0 Å². The van der Waals surface area contributed by atoms with E-state index in [1.54, 1.807) is 7.11 Å².